The molecule has 0 aliphatic carbocycles. The number of aryl methyl sites for hydroxylation is 2. The van der Waals surface area contributed by atoms with Gasteiger partial charge in [-0.05, 0) is 76.8 Å². The molecule has 0 radical (unpaired) electrons. The van der Waals surface area contributed by atoms with Crippen molar-refractivity contribution >= 4 is 67.8 Å². The molecule has 1 fully saturated rings. The van der Waals surface area contributed by atoms with Crippen LogP contribution in [-0.4, -0.2) is 41.8 Å². The van der Waals surface area contributed by atoms with Crippen LogP contribution in [0.5, 0.6) is 11.5 Å². The van der Waals surface area contributed by atoms with E-state index >= 15 is 0 Å². The van der Waals surface area contributed by atoms with Crippen molar-refractivity contribution in [2.45, 2.75) is 13.8 Å². The molecule has 0 unspecified atom stereocenters. The predicted octanol–water partition coefficient (Wildman–Crippen LogP) is 4.92. The second kappa shape index (κ2) is 9.84. The van der Waals surface area contributed by atoms with E-state index in [-0.39, 0.29) is 18.4 Å². The van der Waals surface area contributed by atoms with Crippen LogP contribution in [0.3, 0.4) is 0 Å². The number of likely N-dealkylation sites (N-methyl/N-ethyl adjacent to an activating group) is 1. The zero-order chi connectivity index (χ0) is 22.7. The maximum Gasteiger partial charge on any atom is 0.265 e. The minimum absolute atomic E-state index is 0.136. The van der Waals surface area contributed by atoms with Gasteiger partial charge in [0.05, 0.1) is 17.7 Å². The number of hydrogen-bond acceptors (Lipinski definition) is 6. The molecule has 6 nitrogen and oxygen atoms in total. The number of carbonyl (C=O) groups is 2. The van der Waals surface area contributed by atoms with Crippen molar-refractivity contribution in [3.63, 3.8) is 0 Å². The Morgan fingerprint density at radius 1 is 1.23 bits per heavy atom. The standard InChI is InChI=1S/C22H21BrN2O4S2/c1-12-7-15(23)16(8-13(12)2)24-20(26)11-29-17-6-5-14(9-18(17)28-4)10-19-21(27)25(3)22(30)31-19/h5-10H,11H2,1-4H3,(H,24,26)/b19-10+. The molecular formula is C22H21BrN2O4S2. The van der Waals surface area contributed by atoms with Crippen LogP contribution < -0.4 is 14.8 Å². The van der Waals surface area contributed by atoms with Gasteiger partial charge < -0.3 is 14.8 Å². The number of halogens is 1. The highest BCUT2D eigenvalue weighted by Gasteiger charge is 2.28. The molecule has 1 aliphatic rings. The van der Waals surface area contributed by atoms with E-state index in [1.807, 2.05) is 26.0 Å². The minimum Gasteiger partial charge on any atom is -0.493 e. The second-order valence-electron chi connectivity index (χ2n) is 6.90. The monoisotopic (exact) mass is 520 g/mol. The predicted molar refractivity (Wildman–Crippen MR) is 132 cm³/mol. The summed E-state index contributed by atoms with van der Waals surface area (Å²) in [5.74, 6) is 0.461. The van der Waals surface area contributed by atoms with Crippen molar-refractivity contribution in [2.75, 3.05) is 26.1 Å². The number of benzene rings is 2. The fourth-order valence-electron chi connectivity index (χ4n) is 2.80. The van der Waals surface area contributed by atoms with Crippen LogP contribution in [0.4, 0.5) is 5.69 Å². The lowest BCUT2D eigenvalue weighted by Crippen LogP contribution is -2.22. The summed E-state index contributed by atoms with van der Waals surface area (Å²) in [5.41, 5.74) is 3.66. The van der Waals surface area contributed by atoms with Crippen LogP contribution in [0.2, 0.25) is 0 Å². The van der Waals surface area contributed by atoms with Gasteiger partial charge >= 0.3 is 0 Å². The summed E-state index contributed by atoms with van der Waals surface area (Å²) >= 11 is 9.87. The molecule has 0 aromatic heterocycles. The third-order valence-corrected chi connectivity index (χ3v) is 6.83. The number of anilines is 1. The number of nitrogens with zero attached hydrogens (tertiary/aromatic N) is 1. The first-order valence-electron chi connectivity index (χ1n) is 9.28. The zero-order valence-electron chi connectivity index (χ0n) is 17.4. The summed E-state index contributed by atoms with van der Waals surface area (Å²) in [4.78, 5) is 26.5. The van der Waals surface area contributed by atoms with Crippen molar-refractivity contribution in [3.8, 4) is 11.5 Å². The quantitative estimate of drug-likeness (QED) is 0.430. The molecule has 1 N–H and O–H groups in total. The lowest BCUT2D eigenvalue weighted by molar-refractivity contribution is -0.121. The minimum atomic E-state index is -0.290. The van der Waals surface area contributed by atoms with Crippen molar-refractivity contribution in [1.82, 2.24) is 4.90 Å². The van der Waals surface area contributed by atoms with Gasteiger partial charge in [0.1, 0.15) is 4.32 Å². The Morgan fingerprint density at radius 3 is 2.58 bits per heavy atom. The smallest absolute Gasteiger partial charge is 0.265 e. The highest BCUT2D eigenvalue weighted by Crippen LogP contribution is 2.34. The first kappa shape index (κ1) is 23.3. The number of thiocarbonyl (C=S) groups is 1. The first-order valence-corrected chi connectivity index (χ1v) is 11.3. The second-order valence-corrected chi connectivity index (χ2v) is 9.43. The highest BCUT2D eigenvalue weighted by atomic mass is 79.9. The summed E-state index contributed by atoms with van der Waals surface area (Å²) in [6.07, 6.45) is 1.75. The Kier molecular flexibility index (Phi) is 7.40. The molecule has 0 spiro atoms. The van der Waals surface area contributed by atoms with Crippen LogP contribution in [0.25, 0.3) is 6.08 Å². The molecule has 2 aromatic carbocycles. The molecular weight excluding hydrogens is 500 g/mol. The van der Waals surface area contributed by atoms with Gasteiger partial charge in [-0.3, -0.25) is 14.5 Å². The fourth-order valence-corrected chi connectivity index (χ4v) is 4.53. The normalized spacial score (nSPS) is 14.9. The first-order chi connectivity index (χ1) is 14.7. The van der Waals surface area contributed by atoms with E-state index in [2.05, 4.69) is 21.2 Å². The van der Waals surface area contributed by atoms with E-state index in [1.165, 1.54) is 23.8 Å². The molecule has 1 saturated heterocycles. The van der Waals surface area contributed by atoms with E-state index in [0.717, 1.165) is 21.2 Å². The van der Waals surface area contributed by atoms with Gasteiger partial charge in [0.15, 0.2) is 18.1 Å². The number of amides is 2. The Hall–Kier alpha value is -2.36. The topological polar surface area (TPSA) is 67.9 Å². The molecule has 3 rings (SSSR count). The Balaban J connectivity index is 1.68. The van der Waals surface area contributed by atoms with Crippen LogP contribution >= 0.6 is 39.9 Å². The maximum atomic E-state index is 12.4. The molecule has 0 saturated carbocycles. The largest absolute Gasteiger partial charge is 0.493 e. The summed E-state index contributed by atoms with van der Waals surface area (Å²) in [7, 11) is 3.17. The number of nitrogens with one attached hydrogen (secondary N) is 1. The molecule has 1 heterocycles. The van der Waals surface area contributed by atoms with Crippen LogP contribution in [0.1, 0.15) is 16.7 Å². The van der Waals surface area contributed by atoms with Gasteiger partial charge in [0, 0.05) is 11.5 Å². The lowest BCUT2D eigenvalue weighted by Gasteiger charge is -2.13. The maximum absolute atomic E-state index is 12.4. The van der Waals surface area contributed by atoms with Crippen LogP contribution in [0.15, 0.2) is 39.7 Å². The fraction of sp³-hybridized carbons (Fsp3) is 0.227. The molecule has 9 heteroatoms. The average Bonchev–Trinajstić information content (AvgIpc) is 2.97. The number of thioether (sulfide) groups is 1. The number of methoxy groups -OCH3 is 1. The Bertz CT molecular complexity index is 1100. The lowest BCUT2D eigenvalue weighted by atomic mass is 10.1. The van der Waals surface area contributed by atoms with Crippen molar-refractivity contribution in [3.05, 3.63) is 56.4 Å². The Labute approximate surface area is 199 Å². The summed E-state index contributed by atoms with van der Waals surface area (Å²) in [6.45, 7) is 3.82. The molecule has 1 aliphatic heterocycles. The van der Waals surface area contributed by atoms with E-state index in [9.17, 15) is 9.59 Å². The number of rotatable bonds is 6. The molecule has 0 bridgehead atoms. The van der Waals surface area contributed by atoms with Gasteiger partial charge in [0.2, 0.25) is 0 Å². The summed E-state index contributed by atoms with van der Waals surface area (Å²) in [6, 6.07) is 9.11. The van der Waals surface area contributed by atoms with Gasteiger partial charge in [0.25, 0.3) is 11.8 Å². The van der Waals surface area contributed by atoms with E-state index < -0.39 is 0 Å². The van der Waals surface area contributed by atoms with Gasteiger partial charge in [-0.25, -0.2) is 0 Å². The molecule has 2 amide bonds. The molecule has 31 heavy (non-hydrogen) atoms. The number of carbonyl (C=O) groups excluding carboxylic acids is 2. The SMILES string of the molecule is COc1cc(/C=C2/SC(=S)N(C)C2=O)ccc1OCC(=O)Nc1cc(C)c(C)cc1Br. The molecule has 162 valence electrons. The summed E-state index contributed by atoms with van der Waals surface area (Å²) < 4.78 is 12.4. The van der Waals surface area contributed by atoms with Gasteiger partial charge in [-0.1, -0.05) is 30.0 Å². The van der Waals surface area contributed by atoms with E-state index in [1.54, 1.807) is 31.3 Å². The summed E-state index contributed by atoms with van der Waals surface area (Å²) in [5, 5.41) is 2.84. The van der Waals surface area contributed by atoms with Crippen LogP contribution in [-0.2, 0) is 9.59 Å². The van der Waals surface area contributed by atoms with Gasteiger partial charge in [-0.2, -0.15) is 0 Å². The van der Waals surface area contributed by atoms with Crippen LogP contribution in [0, 0.1) is 13.8 Å². The Morgan fingerprint density at radius 2 is 1.94 bits per heavy atom. The third-order valence-electron chi connectivity index (χ3n) is 4.69. The van der Waals surface area contributed by atoms with Crippen molar-refractivity contribution in [1.29, 1.82) is 0 Å². The van der Waals surface area contributed by atoms with Gasteiger partial charge in [-0.15, -0.1) is 0 Å². The molecule has 2 aromatic rings. The van der Waals surface area contributed by atoms with Crippen molar-refractivity contribution in [2.24, 2.45) is 0 Å². The van der Waals surface area contributed by atoms with Crippen molar-refractivity contribution < 1.29 is 19.1 Å². The zero-order valence-corrected chi connectivity index (χ0v) is 20.7. The third kappa shape index (κ3) is 5.47. The number of hydrogen-bond donors (Lipinski definition) is 1. The van der Waals surface area contributed by atoms with E-state index in [4.69, 9.17) is 21.7 Å². The molecule has 0 atom stereocenters. The van der Waals surface area contributed by atoms with E-state index in [0.29, 0.717) is 26.4 Å². The highest BCUT2D eigenvalue weighted by molar-refractivity contribution is 9.10. The number of ether oxygens (including phenoxy) is 2. The average molecular weight is 521 g/mol.